The molecule has 0 aromatic carbocycles. The van der Waals surface area contributed by atoms with E-state index in [1.807, 2.05) is 6.92 Å². The summed E-state index contributed by atoms with van der Waals surface area (Å²) in [6, 6.07) is 0. The van der Waals surface area contributed by atoms with E-state index in [2.05, 4.69) is 9.97 Å². The van der Waals surface area contributed by atoms with Crippen LogP contribution in [-0.2, 0) is 0 Å². The summed E-state index contributed by atoms with van der Waals surface area (Å²) in [7, 11) is 0. The Labute approximate surface area is 71.5 Å². The van der Waals surface area contributed by atoms with Crippen molar-refractivity contribution in [2.45, 2.75) is 19.4 Å². The monoisotopic (exact) mass is 167 g/mol. The Bertz CT molecular complexity index is 252. The van der Waals surface area contributed by atoms with Crippen molar-refractivity contribution in [2.24, 2.45) is 5.73 Å². The molecule has 0 radical (unpaired) electrons. The lowest BCUT2D eigenvalue weighted by atomic mass is 10.1. The first-order chi connectivity index (χ1) is 5.75. The second kappa shape index (κ2) is 4.13. The maximum absolute atomic E-state index is 9.54. The van der Waals surface area contributed by atoms with Crippen molar-refractivity contribution in [3.63, 3.8) is 0 Å². The number of aromatic nitrogens is 2. The molecule has 1 atom stereocenters. The summed E-state index contributed by atoms with van der Waals surface area (Å²) in [5.41, 5.74) is 6.89. The third-order valence-corrected chi connectivity index (χ3v) is 1.75. The molecule has 0 unspecified atom stereocenters. The molecule has 66 valence electrons. The minimum absolute atomic E-state index is 0.468. The van der Waals surface area contributed by atoms with Crippen molar-refractivity contribution < 1.29 is 5.11 Å². The smallest absolute Gasteiger partial charge is 0.115 e. The molecular formula is C8H13N3O. The molecule has 1 rings (SSSR count). The minimum atomic E-state index is -0.531. The molecule has 0 fully saturated rings. The van der Waals surface area contributed by atoms with E-state index >= 15 is 0 Å². The fraction of sp³-hybridized carbons (Fsp3) is 0.500. The van der Waals surface area contributed by atoms with Crippen LogP contribution in [0.2, 0.25) is 0 Å². The SMILES string of the molecule is Cc1ncncc1[C@H](O)CCN. The molecular weight excluding hydrogens is 154 g/mol. The Balaban J connectivity index is 2.79. The van der Waals surface area contributed by atoms with Gasteiger partial charge in [0.05, 0.1) is 6.10 Å². The number of hydrogen-bond donors (Lipinski definition) is 2. The first-order valence-corrected chi connectivity index (χ1v) is 3.90. The van der Waals surface area contributed by atoms with Crippen molar-refractivity contribution in [3.8, 4) is 0 Å². The van der Waals surface area contributed by atoms with E-state index in [0.29, 0.717) is 13.0 Å². The molecule has 0 saturated carbocycles. The van der Waals surface area contributed by atoms with Gasteiger partial charge in [-0.15, -0.1) is 0 Å². The third kappa shape index (κ3) is 1.99. The highest BCUT2D eigenvalue weighted by atomic mass is 16.3. The van der Waals surface area contributed by atoms with Gasteiger partial charge >= 0.3 is 0 Å². The first kappa shape index (κ1) is 9.09. The van der Waals surface area contributed by atoms with Crippen molar-refractivity contribution in [2.75, 3.05) is 6.54 Å². The van der Waals surface area contributed by atoms with Crippen LogP contribution in [0.4, 0.5) is 0 Å². The Kier molecular flexibility index (Phi) is 3.13. The van der Waals surface area contributed by atoms with E-state index in [9.17, 15) is 5.11 Å². The van der Waals surface area contributed by atoms with E-state index in [0.717, 1.165) is 11.3 Å². The zero-order valence-electron chi connectivity index (χ0n) is 7.07. The molecule has 4 heteroatoms. The highest BCUT2D eigenvalue weighted by Crippen LogP contribution is 2.16. The molecule has 0 bridgehead atoms. The number of nitrogens with zero attached hydrogens (tertiary/aromatic N) is 2. The van der Waals surface area contributed by atoms with E-state index in [4.69, 9.17) is 5.73 Å². The minimum Gasteiger partial charge on any atom is -0.388 e. The van der Waals surface area contributed by atoms with Crippen molar-refractivity contribution >= 4 is 0 Å². The van der Waals surface area contributed by atoms with Gasteiger partial charge in [0.15, 0.2) is 0 Å². The first-order valence-electron chi connectivity index (χ1n) is 3.90. The molecule has 0 aliphatic carbocycles. The Morgan fingerprint density at radius 2 is 2.42 bits per heavy atom. The zero-order valence-corrected chi connectivity index (χ0v) is 7.07. The van der Waals surface area contributed by atoms with Crippen LogP contribution < -0.4 is 5.73 Å². The number of hydrogen-bond acceptors (Lipinski definition) is 4. The molecule has 0 amide bonds. The van der Waals surface area contributed by atoms with Gasteiger partial charge in [0.1, 0.15) is 6.33 Å². The molecule has 4 nitrogen and oxygen atoms in total. The van der Waals surface area contributed by atoms with Gasteiger partial charge in [-0.05, 0) is 19.9 Å². The normalized spacial score (nSPS) is 12.9. The summed E-state index contributed by atoms with van der Waals surface area (Å²) < 4.78 is 0. The van der Waals surface area contributed by atoms with Gasteiger partial charge in [0.2, 0.25) is 0 Å². The summed E-state index contributed by atoms with van der Waals surface area (Å²) in [4.78, 5) is 7.81. The van der Waals surface area contributed by atoms with Gasteiger partial charge in [-0.3, -0.25) is 0 Å². The van der Waals surface area contributed by atoms with Crippen molar-refractivity contribution in [1.82, 2.24) is 9.97 Å². The molecule has 1 aromatic rings. The standard InChI is InChI=1S/C8H13N3O/c1-6-7(4-10-5-11-6)8(12)2-3-9/h4-5,8,12H,2-3,9H2,1H3/t8-/m1/s1. The molecule has 0 aliphatic rings. The second-order valence-electron chi connectivity index (χ2n) is 2.66. The number of rotatable bonds is 3. The summed E-state index contributed by atoms with van der Waals surface area (Å²) in [5, 5.41) is 9.54. The molecule has 0 aliphatic heterocycles. The lowest BCUT2D eigenvalue weighted by Crippen LogP contribution is -2.08. The van der Waals surface area contributed by atoms with Crippen LogP contribution in [-0.4, -0.2) is 21.6 Å². The Morgan fingerprint density at radius 1 is 1.67 bits per heavy atom. The van der Waals surface area contributed by atoms with Crippen LogP contribution in [0.1, 0.15) is 23.8 Å². The lowest BCUT2D eigenvalue weighted by Gasteiger charge is -2.10. The quantitative estimate of drug-likeness (QED) is 0.673. The number of aryl methyl sites for hydroxylation is 1. The van der Waals surface area contributed by atoms with Gasteiger partial charge in [0.25, 0.3) is 0 Å². The summed E-state index contributed by atoms with van der Waals surface area (Å²) in [6.07, 6.45) is 3.11. The second-order valence-corrected chi connectivity index (χ2v) is 2.66. The molecule has 12 heavy (non-hydrogen) atoms. The van der Waals surface area contributed by atoms with Gasteiger partial charge < -0.3 is 10.8 Å². The maximum atomic E-state index is 9.54. The van der Waals surface area contributed by atoms with E-state index in [-0.39, 0.29) is 0 Å². The van der Waals surface area contributed by atoms with E-state index in [1.54, 1.807) is 6.20 Å². The number of nitrogens with two attached hydrogens (primary N) is 1. The van der Waals surface area contributed by atoms with Crippen molar-refractivity contribution in [3.05, 3.63) is 23.8 Å². The zero-order chi connectivity index (χ0) is 8.97. The Hall–Kier alpha value is -1.00. The van der Waals surface area contributed by atoms with E-state index < -0.39 is 6.10 Å². The fourth-order valence-electron chi connectivity index (χ4n) is 1.04. The molecule has 0 saturated heterocycles. The number of aliphatic hydroxyl groups is 1. The van der Waals surface area contributed by atoms with Gasteiger partial charge in [0, 0.05) is 17.5 Å². The lowest BCUT2D eigenvalue weighted by molar-refractivity contribution is 0.168. The molecule has 3 N–H and O–H groups in total. The van der Waals surface area contributed by atoms with Crippen LogP contribution in [0.25, 0.3) is 0 Å². The molecule has 1 heterocycles. The van der Waals surface area contributed by atoms with Gasteiger partial charge in [-0.25, -0.2) is 9.97 Å². The van der Waals surface area contributed by atoms with Crippen LogP contribution in [0, 0.1) is 6.92 Å². The summed E-state index contributed by atoms with van der Waals surface area (Å²) in [5.74, 6) is 0. The van der Waals surface area contributed by atoms with Gasteiger partial charge in [-0.2, -0.15) is 0 Å². The fourth-order valence-corrected chi connectivity index (χ4v) is 1.04. The predicted octanol–water partition coefficient (Wildman–Crippen LogP) is 0.167. The molecule has 1 aromatic heterocycles. The number of aliphatic hydroxyl groups excluding tert-OH is 1. The highest BCUT2D eigenvalue weighted by Gasteiger charge is 2.09. The average Bonchev–Trinajstić information content (AvgIpc) is 2.05. The predicted molar refractivity (Wildman–Crippen MR) is 45.4 cm³/mol. The summed E-state index contributed by atoms with van der Waals surface area (Å²) in [6.45, 7) is 2.31. The average molecular weight is 167 g/mol. The van der Waals surface area contributed by atoms with Crippen molar-refractivity contribution in [1.29, 1.82) is 0 Å². The highest BCUT2D eigenvalue weighted by molar-refractivity contribution is 5.16. The summed E-state index contributed by atoms with van der Waals surface area (Å²) >= 11 is 0. The largest absolute Gasteiger partial charge is 0.388 e. The van der Waals surface area contributed by atoms with E-state index in [1.165, 1.54) is 6.33 Å². The van der Waals surface area contributed by atoms with Crippen LogP contribution in [0.15, 0.2) is 12.5 Å². The molecule has 0 spiro atoms. The maximum Gasteiger partial charge on any atom is 0.115 e. The van der Waals surface area contributed by atoms with Crippen LogP contribution in [0.5, 0.6) is 0 Å². The third-order valence-electron chi connectivity index (χ3n) is 1.75. The van der Waals surface area contributed by atoms with Crippen LogP contribution in [0.3, 0.4) is 0 Å². The topological polar surface area (TPSA) is 72.0 Å². The van der Waals surface area contributed by atoms with Crippen LogP contribution >= 0.6 is 0 Å². The van der Waals surface area contributed by atoms with Gasteiger partial charge in [-0.1, -0.05) is 0 Å². The Morgan fingerprint density at radius 3 is 3.00 bits per heavy atom.